The fourth-order valence-electron chi connectivity index (χ4n) is 2.01. The van der Waals surface area contributed by atoms with Crippen molar-refractivity contribution in [2.45, 2.75) is 38.9 Å². The largest absolute Gasteiger partial charge is 0.352 e. The number of nitriles is 1. The summed E-state index contributed by atoms with van der Waals surface area (Å²) in [5, 5.41) is 8.52. The fraction of sp³-hybridized carbons (Fsp3) is 0.846. The summed E-state index contributed by atoms with van der Waals surface area (Å²) >= 11 is 0. The third-order valence-electron chi connectivity index (χ3n) is 3.12. The summed E-state index contributed by atoms with van der Waals surface area (Å²) in [6.45, 7) is 4.12. The maximum Gasteiger partial charge on any atom is 0.257 e. The number of hydrogen-bond acceptors (Lipinski definition) is 6. The first kappa shape index (κ1) is 14.4. The molecule has 0 atom stereocenters. The third-order valence-corrected chi connectivity index (χ3v) is 3.12. The van der Waals surface area contributed by atoms with Crippen LogP contribution in [0.4, 0.5) is 0 Å². The molecule has 0 amide bonds. The zero-order valence-corrected chi connectivity index (χ0v) is 11.2. The quantitative estimate of drug-likeness (QED) is 0.722. The molecule has 2 aliphatic rings. The minimum Gasteiger partial charge on any atom is -0.352 e. The molecule has 1 spiro atoms. The lowest BCUT2D eigenvalue weighted by atomic mass is 9.91. The molecule has 6 heteroatoms. The van der Waals surface area contributed by atoms with E-state index in [1.54, 1.807) is 6.21 Å². The van der Waals surface area contributed by atoms with Gasteiger partial charge in [-0.25, -0.2) is 4.99 Å². The van der Waals surface area contributed by atoms with Gasteiger partial charge in [0.15, 0.2) is 6.29 Å². The molecule has 0 aromatic rings. The van der Waals surface area contributed by atoms with Crippen LogP contribution in [0.3, 0.4) is 0 Å². The van der Waals surface area contributed by atoms with Gasteiger partial charge < -0.3 is 18.9 Å². The van der Waals surface area contributed by atoms with E-state index in [1.165, 1.54) is 0 Å². The highest BCUT2D eigenvalue weighted by Gasteiger charge is 2.41. The predicted octanol–water partition coefficient (Wildman–Crippen LogP) is 1.46. The van der Waals surface area contributed by atoms with Crippen molar-refractivity contribution in [3.05, 3.63) is 0 Å². The molecule has 0 unspecified atom stereocenters. The molecule has 0 saturated carbocycles. The van der Waals surface area contributed by atoms with Gasteiger partial charge in [0.2, 0.25) is 0 Å². The molecule has 0 aromatic carbocycles. The van der Waals surface area contributed by atoms with Gasteiger partial charge in [-0.05, 0) is 6.42 Å². The van der Waals surface area contributed by atoms with Crippen molar-refractivity contribution in [3.8, 4) is 6.07 Å². The number of ether oxygens (including phenoxy) is 4. The summed E-state index contributed by atoms with van der Waals surface area (Å²) in [6, 6.07) is 2.09. The molecule has 2 heterocycles. The van der Waals surface area contributed by atoms with Crippen LogP contribution in [0.1, 0.15) is 26.2 Å². The van der Waals surface area contributed by atoms with Crippen LogP contribution in [0.25, 0.3) is 0 Å². The van der Waals surface area contributed by atoms with Gasteiger partial charge in [0, 0.05) is 19.1 Å². The Kier molecular flexibility index (Phi) is 5.28. The van der Waals surface area contributed by atoms with Crippen molar-refractivity contribution in [3.63, 3.8) is 0 Å². The van der Waals surface area contributed by atoms with Crippen molar-refractivity contribution in [2.24, 2.45) is 10.4 Å². The van der Waals surface area contributed by atoms with Crippen molar-refractivity contribution < 1.29 is 18.9 Å². The topological polar surface area (TPSA) is 73.1 Å². The summed E-state index contributed by atoms with van der Waals surface area (Å²) in [5.41, 5.74) is -0.235. The number of hydrogen-bond donors (Lipinski definition) is 0. The first-order valence-electron chi connectivity index (χ1n) is 6.63. The Labute approximate surface area is 113 Å². The monoisotopic (exact) mass is 268 g/mol. The highest BCUT2D eigenvalue weighted by Crippen LogP contribution is 2.31. The average molecular weight is 268 g/mol. The third kappa shape index (κ3) is 3.98. The second-order valence-electron chi connectivity index (χ2n) is 4.92. The second kappa shape index (κ2) is 6.96. The Hall–Kier alpha value is -1.00. The van der Waals surface area contributed by atoms with E-state index in [2.05, 4.69) is 11.1 Å². The maximum absolute atomic E-state index is 8.52. The molecule has 6 nitrogen and oxygen atoms in total. The molecular weight excluding hydrogens is 248 g/mol. The first-order chi connectivity index (χ1) is 9.28. The minimum atomic E-state index is -0.498. The Balaban J connectivity index is 1.75. The maximum atomic E-state index is 8.52. The van der Waals surface area contributed by atoms with Crippen LogP contribution in [0.15, 0.2) is 4.99 Å². The zero-order valence-electron chi connectivity index (χ0n) is 11.2. The molecule has 0 aromatic heterocycles. The van der Waals surface area contributed by atoms with Crippen LogP contribution in [0.2, 0.25) is 0 Å². The van der Waals surface area contributed by atoms with E-state index < -0.39 is 6.41 Å². The van der Waals surface area contributed by atoms with E-state index in [-0.39, 0.29) is 11.7 Å². The Morgan fingerprint density at radius 1 is 1.21 bits per heavy atom. The summed E-state index contributed by atoms with van der Waals surface area (Å²) in [6.07, 6.45) is 2.93. The van der Waals surface area contributed by atoms with Gasteiger partial charge in [-0.2, -0.15) is 5.26 Å². The highest BCUT2D eigenvalue weighted by molar-refractivity contribution is 5.56. The lowest BCUT2D eigenvalue weighted by Crippen LogP contribution is -2.51. The van der Waals surface area contributed by atoms with Crippen LogP contribution in [0, 0.1) is 16.7 Å². The van der Waals surface area contributed by atoms with E-state index in [1.807, 2.05) is 6.92 Å². The van der Waals surface area contributed by atoms with Gasteiger partial charge in [0.1, 0.15) is 0 Å². The standard InChI is InChI=1S/C13H20N2O4/c1-2-6-15-12-18-9-13(10-19-12)7-16-11(17-8-13)4-3-5-14/h6,11-12H,2-4,7-10H2,1H3. The van der Waals surface area contributed by atoms with Crippen LogP contribution in [-0.4, -0.2) is 45.3 Å². The Morgan fingerprint density at radius 2 is 1.84 bits per heavy atom. The molecule has 0 bridgehead atoms. The van der Waals surface area contributed by atoms with E-state index in [4.69, 9.17) is 24.2 Å². The summed E-state index contributed by atoms with van der Waals surface area (Å²) in [4.78, 5) is 4.15. The van der Waals surface area contributed by atoms with Crippen LogP contribution in [0.5, 0.6) is 0 Å². The van der Waals surface area contributed by atoms with Crippen molar-refractivity contribution in [1.82, 2.24) is 0 Å². The van der Waals surface area contributed by atoms with E-state index in [0.717, 1.165) is 6.42 Å². The van der Waals surface area contributed by atoms with Crippen LogP contribution >= 0.6 is 0 Å². The predicted molar refractivity (Wildman–Crippen MR) is 67.4 cm³/mol. The molecule has 2 aliphatic heterocycles. The normalized spacial score (nSPS) is 35.6. The molecular formula is C13H20N2O4. The fourth-order valence-corrected chi connectivity index (χ4v) is 2.01. The first-order valence-corrected chi connectivity index (χ1v) is 6.63. The van der Waals surface area contributed by atoms with Gasteiger partial charge in [-0.15, -0.1) is 0 Å². The summed E-state index contributed by atoms with van der Waals surface area (Å²) in [5.74, 6) is 0. The van der Waals surface area contributed by atoms with Gasteiger partial charge in [0.25, 0.3) is 6.41 Å². The number of aliphatic imine (C=N–C) groups is 1. The summed E-state index contributed by atoms with van der Waals surface area (Å²) < 4.78 is 22.4. The number of rotatable bonds is 4. The van der Waals surface area contributed by atoms with Crippen LogP contribution < -0.4 is 0 Å². The Bertz CT molecular complexity index is 335. The zero-order chi connectivity index (χ0) is 13.6. The van der Waals surface area contributed by atoms with E-state index in [9.17, 15) is 0 Å². The van der Waals surface area contributed by atoms with E-state index in [0.29, 0.717) is 39.3 Å². The molecule has 0 aliphatic carbocycles. The Morgan fingerprint density at radius 3 is 2.42 bits per heavy atom. The molecule has 0 radical (unpaired) electrons. The minimum absolute atomic E-state index is 0.235. The lowest BCUT2D eigenvalue weighted by molar-refractivity contribution is -0.301. The molecule has 2 saturated heterocycles. The lowest BCUT2D eigenvalue weighted by Gasteiger charge is -2.42. The second-order valence-corrected chi connectivity index (χ2v) is 4.92. The number of nitrogens with zero attached hydrogens (tertiary/aromatic N) is 2. The van der Waals surface area contributed by atoms with Gasteiger partial charge in [0.05, 0.1) is 37.9 Å². The average Bonchev–Trinajstić information content (AvgIpc) is 2.46. The van der Waals surface area contributed by atoms with Crippen LogP contribution in [-0.2, 0) is 18.9 Å². The summed E-state index contributed by atoms with van der Waals surface area (Å²) in [7, 11) is 0. The highest BCUT2D eigenvalue weighted by atomic mass is 16.7. The van der Waals surface area contributed by atoms with Crippen molar-refractivity contribution in [2.75, 3.05) is 26.4 Å². The molecule has 2 rings (SSSR count). The van der Waals surface area contributed by atoms with Crippen molar-refractivity contribution in [1.29, 1.82) is 5.26 Å². The smallest absolute Gasteiger partial charge is 0.257 e. The SMILES string of the molecule is CCC=NC1OCC2(COC(CCC#N)OC2)CO1. The molecule has 0 N–H and O–H groups in total. The van der Waals surface area contributed by atoms with Gasteiger partial charge in [-0.3, -0.25) is 0 Å². The van der Waals surface area contributed by atoms with E-state index >= 15 is 0 Å². The van der Waals surface area contributed by atoms with Crippen molar-refractivity contribution >= 4 is 6.21 Å². The van der Waals surface area contributed by atoms with Gasteiger partial charge in [-0.1, -0.05) is 6.92 Å². The molecule has 19 heavy (non-hydrogen) atoms. The van der Waals surface area contributed by atoms with Gasteiger partial charge >= 0.3 is 0 Å². The molecule has 2 fully saturated rings. The molecule has 106 valence electrons.